The third-order valence-corrected chi connectivity index (χ3v) is 5.54. The molecule has 7 heteroatoms. The van der Waals surface area contributed by atoms with Crippen molar-refractivity contribution in [3.63, 3.8) is 0 Å². The Labute approximate surface area is 170 Å². The minimum atomic E-state index is -0.537. The van der Waals surface area contributed by atoms with Gasteiger partial charge in [-0.2, -0.15) is 0 Å². The van der Waals surface area contributed by atoms with Gasteiger partial charge in [0.25, 0.3) is 5.91 Å². The molecule has 3 aromatic rings. The molecule has 2 heterocycles. The lowest BCUT2D eigenvalue weighted by molar-refractivity contribution is -0.142. The minimum Gasteiger partial charge on any atom is -0.452 e. The second-order valence-corrected chi connectivity index (χ2v) is 7.78. The molecule has 1 amide bonds. The molecule has 3 rings (SSSR count). The molecular formula is C21H18FNO3S2. The summed E-state index contributed by atoms with van der Waals surface area (Å²) in [5.74, 6) is -1.21. The van der Waals surface area contributed by atoms with Crippen LogP contribution < -0.4 is 5.32 Å². The molecule has 2 aromatic heterocycles. The number of hydrogen-bond donors (Lipinski definition) is 1. The fourth-order valence-corrected chi connectivity index (χ4v) is 3.82. The second-order valence-electron chi connectivity index (χ2n) is 5.85. The zero-order valence-electron chi connectivity index (χ0n) is 14.9. The van der Waals surface area contributed by atoms with Crippen LogP contribution in [-0.4, -0.2) is 25.0 Å². The normalized spacial score (nSPS) is 11.2. The monoisotopic (exact) mass is 415 g/mol. The Hall–Kier alpha value is -2.77. The summed E-state index contributed by atoms with van der Waals surface area (Å²) >= 11 is 2.95. The lowest BCUT2D eigenvalue weighted by Crippen LogP contribution is -2.30. The highest BCUT2D eigenvalue weighted by Crippen LogP contribution is 2.25. The molecular weight excluding hydrogens is 397 g/mol. The summed E-state index contributed by atoms with van der Waals surface area (Å²) < 4.78 is 18.1. The van der Waals surface area contributed by atoms with E-state index in [1.807, 2.05) is 35.0 Å². The number of rotatable bonds is 8. The van der Waals surface area contributed by atoms with Gasteiger partial charge < -0.3 is 10.1 Å². The maximum atomic E-state index is 12.9. The predicted octanol–water partition coefficient (Wildman–Crippen LogP) is 4.39. The summed E-state index contributed by atoms with van der Waals surface area (Å²) in [6, 6.07) is 13.6. The number of carbonyl (C=O) groups is 2. The number of esters is 1. The van der Waals surface area contributed by atoms with Gasteiger partial charge in [-0.05, 0) is 53.1 Å². The summed E-state index contributed by atoms with van der Waals surface area (Å²) in [5.41, 5.74) is 1.34. The van der Waals surface area contributed by atoms with E-state index in [2.05, 4.69) is 5.32 Å². The molecule has 0 aliphatic heterocycles. The van der Waals surface area contributed by atoms with Gasteiger partial charge in [-0.15, -0.1) is 22.7 Å². The van der Waals surface area contributed by atoms with E-state index in [9.17, 15) is 14.0 Å². The molecule has 0 saturated heterocycles. The quantitative estimate of drug-likeness (QED) is 0.438. The van der Waals surface area contributed by atoms with Crippen molar-refractivity contribution >= 4 is 46.2 Å². The average Bonchev–Trinajstić information content (AvgIpc) is 3.39. The first-order valence-corrected chi connectivity index (χ1v) is 10.3. The number of benzene rings is 1. The Balaban J connectivity index is 1.51. The fraction of sp³-hybridized carbons (Fsp3) is 0.143. The summed E-state index contributed by atoms with van der Waals surface area (Å²) in [6.07, 6.45) is 2.34. The standard InChI is InChI=1S/C21H18FNO3S2/c22-16-7-5-15(6-8-16)9-10-23-20(24)14-26-21(25)18(19-4-2-12-28-19)13-17-3-1-11-27-17/h1-8,11-13H,9-10,14H2,(H,23,24)/b18-13+. The third-order valence-electron chi connectivity index (χ3n) is 3.82. The van der Waals surface area contributed by atoms with Crippen LogP contribution in [0, 0.1) is 5.82 Å². The molecule has 0 radical (unpaired) electrons. The molecule has 1 N–H and O–H groups in total. The van der Waals surface area contributed by atoms with Crippen molar-refractivity contribution in [1.29, 1.82) is 0 Å². The van der Waals surface area contributed by atoms with Gasteiger partial charge in [-0.25, -0.2) is 9.18 Å². The lowest BCUT2D eigenvalue weighted by Gasteiger charge is -2.08. The van der Waals surface area contributed by atoms with E-state index < -0.39 is 5.97 Å². The van der Waals surface area contributed by atoms with Crippen molar-refractivity contribution in [2.75, 3.05) is 13.2 Å². The second kappa shape index (κ2) is 9.96. The number of thiophene rings is 2. The zero-order chi connectivity index (χ0) is 19.8. The van der Waals surface area contributed by atoms with Gasteiger partial charge in [0.15, 0.2) is 6.61 Å². The van der Waals surface area contributed by atoms with Crippen molar-refractivity contribution in [2.45, 2.75) is 6.42 Å². The minimum absolute atomic E-state index is 0.295. The highest BCUT2D eigenvalue weighted by atomic mass is 32.1. The molecule has 0 unspecified atom stereocenters. The number of carbonyl (C=O) groups excluding carboxylic acids is 2. The van der Waals surface area contributed by atoms with Crippen LogP contribution in [0.2, 0.25) is 0 Å². The van der Waals surface area contributed by atoms with Crippen LogP contribution in [0.5, 0.6) is 0 Å². The molecule has 0 spiro atoms. The van der Waals surface area contributed by atoms with Gasteiger partial charge in [0.2, 0.25) is 0 Å². The Morgan fingerprint density at radius 1 is 1.04 bits per heavy atom. The Morgan fingerprint density at radius 3 is 2.46 bits per heavy atom. The van der Waals surface area contributed by atoms with Crippen molar-refractivity contribution in [3.8, 4) is 0 Å². The van der Waals surface area contributed by atoms with E-state index in [4.69, 9.17) is 4.74 Å². The van der Waals surface area contributed by atoms with Crippen molar-refractivity contribution in [2.24, 2.45) is 0 Å². The number of hydrogen-bond acceptors (Lipinski definition) is 5. The summed E-state index contributed by atoms with van der Waals surface area (Å²) in [5, 5.41) is 6.51. The van der Waals surface area contributed by atoms with Crippen molar-refractivity contribution in [1.82, 2.24) is 5.32 Å². The first-order chi connectivity index (χ1) is 13.6. The topological polar surface area (TPSA) is 55.4 Å². The predicted molar refractivity (Wildman–Crippen MR) is 111 cm³/mol. The number of nitrogens with one attached hydrogen (secondary N) is 1. The smallest absolute Gasteiger partial charge is 0.340 e. The van der Waals surface area contributed by atoms with Gasteiger partial charge >= 0.3 is 5.97 Å². The molecule has 28 heavy (non-hydrogen) atoms. The van der Waals surface area contributed by atoms with Crippen LogP contribution in [0.25, 0.3) is 11.6 Å². The molecule has 0 aliphatic rings. The number of amides is 1. The van der Waals surface area contributed by atoms with Crippen LogP contribution in [0.1, 0.15) is 15.3 Å². The molecule has 0 fully saturated rings. The molecule has 1 aromatic carbocycles. The van der Waals surface area contributed by atoms with Gasteiger partial charge in [0, 0.05) is 16.3 Å². The summed E-state index contributed by atoms with van der Waals surface area (Å²) in [6.45, 7) is 0.0280. The molecule has 4 nitrogen and oxygen atoms in total. The third kappa shape index (κ3) is 5.87. The number of halogens is 1. The van der Waals surface area contributed by atoms with E-state index in [0.29, 0.717) is 18.5 Å². The van der Waals surface area contributed by atoms with E-state index >= 15 is 0 Å². The van der Waals surface area contributed by atoms with Crippen LogP contribution >= 0.6 is 22.7 Å². The molecule has 0 aliphatic carbocycles. The van der Waals surface area contributed by atoms with Crippen LogP contribution in [-0.2, 0) is 20.7 Å². The fourth-order valence-electron chi connectivity index (χ4n) is 2.44. The lowest BCUT2D eigenvalue weighted by atomic mass is 10.1. The largest absolute Gasteiger partial charge is 0.452 e. The Bertz CT molecular complexity index is 933. The summed E-state index contributed by atoms with van der Waals surface area (Å²) in [4.78, 5) is 26.2. The van der Waals surface area contributed by atoms with Gasteiger partial charge in [0.1, 0.15) is 5.82 Å². The van der Waals surface area contributed by atoms with Crippen molar-refractivity contribution < 1.29 is 18.7 Å². The van der Waals surface area contributed by atoms with Crippen LogP contribution in [0.15, 0.2) is 59.3 Å². The van der Waals surface area contributed by atoms with Gasteiger partial charge in [-0.1, -0.05) is 24.3 Å². The first kappa shape index (κ1) is 20.0. The Morgan fingerprint density at radius 2 is 1.79 bits per heavy atom. The molecule has 0 saturated carbocycles. The number of ether oxygens (including phenoxy) is 1. The van der Waals surface area contributed by atoms with E-state index in [-0.39, 0.29) is 18.3 Å². The van der Waals surface area contributed by atoms with Gasteiger partial charge in [-0.3, -0.25) is 4.79 Å². The van der Waals surface area contributed by atoms with Crippen LogP contribution in [0.3, 0.4) is 0 Å². The molecule has 0 atom stereocenters. The summed E-state index contributed by atoms with van der Waals surface area (Å²) in [7, 11) is 0. The maximum absolute atomic E-state index is 12.9. The first-order valence-electron chi connectivity index (χ1n) is 8.59. The van der Waals surface area contributed by atoms with E-state index in [1.165, 1.54) is 34.8 Å². The molecule has 0 bridgehead atoms. The zero-order valence-corrected chi connectivity index (χ0v) is 16.5. The molecule has 144 valence electrons. The van der Waals surface area contributed by atoms with E-state index in [0.717, 1.165) is 15.3 Å². The highest BCUT2D eigenvalue weighted by Gasteiger charge is 2.16. The van der Waals surface area contributed by atoms with E-state index in [1.54, 1.807) is 18.2 Å². The Kier molecular flexibility index (Phi) is 7.11. The van der Waals surface area contributed by atoms with Crippen molar-refractivity contribution in [3.05, 3.63) is 80.4 Å². The maximum Gasteiger partial charge on any atom is 0.340 e. The highest BCUT2D eigenvalue weighted by molar-refractivity contribution is 7.12. The van der Waals surface area contributed by atoms with Crippen LogP contribution in [0.4, 0.5) is 4.39 Å². The average molecular weight is 416 g/mol. The SMILES string of the molecule is O=C(COC(=O)/C(=C/c1cccs1)c1cccs1)NCCc1ccc(F)cc1. The van der Waals surface area contributed by atoms with Gasteiger partial charge in [0.05, 0.1) is 5.57 Å².